The van der Waals surface area contributed by atoms with E-state index in [-0.39, 0.29) is 25.3 Å². The summed E-state index contributed by atoms with van der Waals surface area (Å²) >= 11 is 0. The lowest BCUT2D eigenvalue weighted by atomic mass is 10.00. The highest BCUT2D eigenvalue weighted by Gasteiger charge is 2.40. The van der Waals surface area contributed by atoms with Crippen LogP contribution in [0.25, 0.3) is 0 Å². The normalized spacial score (nSPS) is 19.8. The maximum Gasteiger partial charge on any atom is 0.317 e. The van der Waals surface area contributed by atoms with Crippen molar-refractivity contribution in [1.29, 1.82) is 0 Å². The fourth-order valence-corrected chi connectivity index (χ4v) is 2.78. The quantitative estimate of drug-likeness (QED) is 0.834. The lowest BCUT2D eigenvalue weighted by Gasteiger charge is -2.27. The maximum absolute atomic E-state index is 13.5. The van der Waals surface area contributed by atoms with E-state index in [1.165, 1.54) is 30.0 Å². The van der Waals surface area contributed by atoms with Crippen molar-refractivity contribution in [2.45, 2.75) is 24.9 Å². The number of hydrogen-bond acceptors (Lipinski definition) is 3. The lowest BCUT2D eigenvalue weighted by Crippen LogP contribution is -2.45. The Bertz CT molecular complexity index is 698. The van der Waals surface area contributed by atoms with Crippen LogP contribution in [0.5, 0.6) is 0 Å². The number of urea groups is 1. The highest BCUT2D eigenvalue weighted by atomic mass is 19.2. The molecule has 2 unspecified atom stereocenters. The van der Waals surface area contributed by atoms with Gasteiger partial charge in [-0.1, -0.05) is 6.07 Å². The summed E-state index contributed by atoms with van der Waals surface area (Å²) in [7, 11) is 2.96. The highest BCUT2D eigenvalue weighted by molar-refractivity contribution is 5.82. The number of carboxylic acids is 1. The molecule has 2 atom stereocenters. The minimum atomic E-state index is -1.03. The molecule has 1 saturated heterocycles. The third-order valence-corrected chi connectivity index (χ3v) is 4.19. The molecule has 2 rings (SSSR count). The highest BCUT2D eigenvalue weighted by Crippen LogP contribution is 2.32. The van der Waals surface area contributed by atoms with Gasteiger partial charge in [-0.25, -0.2) is 13.6 Å². The molecule has 25 heavy (non-hydrogen) atoms. The molecule has 136 valence electrons. The van der Waals surface area contributed by atoms with E-state index in [2.05, 4.69) is 5.32 Å². The number of amides is 3. The molecular formula is C16H19F2N3O4. The van der Waals surface area contributed by atoms with E-state index in [9.17, 15) is 23.2 Å². The molecule has 1 aromatic rings. The molecule has 1 fully saturated rings. The second kappa shape index (κ2) is 7.45. The van der Waals surface area contributed by atoms with Crippen LogP contribution < -0.4 is 5.32 Å². The number of nitrogens with one attached hydrogen (secondary N) is 1. The third-order valence-electron chi connectivity index (χ3n) is 4.19. The van der Waals surface area contributed by atoms with Crippen LogP contribution in [0.3, 0.4) is 0 Å². The summed E-state index contributed by atoms with van der Waals surface area (Å²) in [6, 6.07) is 1.52. The summed E-state index contributed by atoms with van der Waals surface area (Å²) in [5, 5.41) is 11.3. The number of likely N-dealkylation sites (tertiary alicyclic amines) is 1. The van der Waals surface area contributed by atoms with Gasteiger partial charge in [0.25, 0.3) is 0 Å². The Morgan fingerprint density at radius 2 is 2.04 bits per heavy atom. The number of carbonyl (C=O) groups is 3. The Kier molecular flexibility index (Phi) is 5.55. The molecule has 1 heterocycles. The van der Waals surface area contributed by atoms with E-state index in [0.29, 0.717) is 5.56 Å². The van der Waals surface area contributed by atoms with Crippen molar-refractivity contribution in [3.63, 3.8) is 0 Å². The van der Waals surface area contributed by atoms with E-state index in [1.807, 2.05) is 0 Å². The maximum atomic E-state index is 13.5. The third kappa shape index (κ3) is 4.23. The topological polar surface area (TPSA) is 90.0 Å². The first-order valence-corrected chi connectivity index (χ1v) is 7.64. The molecule has 0 bridgehead atoms. The van der Waals surface area contributed by atoms with Crippen LogP contribution in [0.1, 0.15) is 24.4 Å². The molecule has 0 aromatic heterocycles. The summed E-state index contributed by atoms with van der Waals surface area (Å²) in [6.07, 6.45) is -0.196. The van der Waals surface area contributed by atoms with Crippen molar-refractivity contribution in [3.8, 4) is 0 Å². The van der Waals surface area contributed by atoms with Crippen molar-refractivity contribution in [3.05, 3.63) is 35.4 Å². The first-order chi connectivity index (χ1) is 11.7. The predicted octanol–water partition coefficient (Wildman–Crippen LogP) is 1.35. The number of carbonyl (C=O) groups excluding carboxylic acids is 2. The zero-order valence-electron chi connectivity index (χ0n) is 13.8. The number of halogens is 2. The Morgan fingerprint density at radius 3 is 2.64 bits per heavy atom. The second-order valence-corrected chi connectivity index (χ2v) is 5.95. The molecule has 0 radical (unpaired) electrons. The smallest absolute Gasteiger partial charge is 0.317 e. The number of aliphatic carboxylic acids is 1. The Balaban J connectivity index is 2.14. The molecule has 9 heteroatoms. The molecule has 7 nitrogen and oxygen atoms in total. The predicted molar refractivity (Wildman–Crippen MR) is 83.7 cm³/mol. The van der Waals surface area contributed by atoms with E-state index in [0.717, 1.165) is 12.1 Å². The molecule has 0 aliphatic carbocycles. The first kappa shape index (κ1) is 18.6. The minimum Gasteiger partial charge on any atom is -0.481 e. The average Bonchev–Trinajstić information content (AvgIpc) is 2.82. The monoisotopic (exact) mass is 355 g/mol. The number of likely N-dealkylation sites (N-methyl/N-ethyl adjacent to an activating group) is 1. The van der Waals surface area contributed by atoms with Crippen LogP contribution in [-0.2, 0) is 9.59 Å². The fourth-order valence-electron chi connectivity index (χ4n) is 2.78. The molecule has 1 aromatic carbocycles. The average molecular weight is 355 g/mol. The van der Waals surface area contributed by atoms with Gasteiger partial charge in [0.2, 0.25) is 5.91 Å². The number of rotatable bonds is 5. The molecular weight excluding hydrogens is 336 g/mol. The lowest BCUT2D eigenvalue weighted by molar-refractivity contribution is -0.137. The van der Waals surface area contributed by atoms with Gasteiger partial charge in [0, 0.05) is 27.1 Å². The Morgan fingerprint density at radius 1 is 1.36 bits per heavy atom. The standard InChI is InChI=1S/C16H19F2N3O4/c1-20(6-5-14(23)24)16(25)19-12-8-13(22)21(2)15(12)9-3-4-10(17)11(18)7-9/h3-4,7,12,15H,5-6,8H2,1-2H3,(H,19,25)(H,23,24). The molecule has 0 spiro atoms. The molecule has 0 saturated carbocycles. The van der Waals surface area contributed by atoms with Gasteiger partial charge in [-0.3, -0.25) is 9.59 Å². The van der Waals surface area contributed by atoms with Gasteiger partial charge < -0.3 is 20.2 Å². The van der Waals surface area contributed by atoms with E-state index < -0.39 is 35.7 Å². The number of hydrogen-bond donors (Lipinski definition) is 2. The van der Waals surface area contributed by atoms with Crippen molar-refractivity contribution in [2.75, 3.05) is 20.6 Å². The second-order valence-electron chi connectivity index (χ2n) is 5.95. The number of carboxylic acid groups (broad SMARTS) is 1. The summed E-state index contributed by atoms with van der Waals surface area (Å²) in [5.74, 6) is -3.30. The van der Waals surface area contributed by atoms with E-state index >= 15 is 0 Å². The first-order valence-electron chi connectivity index (χ1n) is 7.64. The Hall–Kier alpha value is -2.71. The van der Waals surface area contributed by atoms with Gasteiger partial charge >= 0.3 is 12.0 Å². The van der Waals surface area contributed by atoms with Gasteiger partial charge in [0.15, 0.2) is 11.6 Å². The van der Waals surface area contributed by atoms with Gasteiger partial charge in [-0.05, 0) is 17.7 Å². The zero-order valence-corrected chi connectivity index (χ0v) is 13.8. The van der Waals surface area contributed by atoms with Crippen LogP contribution in [0.15, 0.2) is 18.2 Å². The zero-order chi connectivity index (χ0) is 18.7. The summed E-state index contributed by atoms with van der Waals surface area (Å²) in [6.45, 7) is 0.00746. The fraction of sp³-hybridized carbons (Fsp3) is 0.438. The van der Waals surface area contributed by atoms with E-state index in [4.69, 9.17) is 5.11 Å². The SMILES string of the molecule is CN(CCC(=O)O)C(=O)NC1CC(=O)N(C)C1c1ccc(F)c(F)c1. The molecule has 3 amide bonds. The summed E-state index contributed by atoms with van der Waals surface area (Å²) in [5.41, 5.74) is 0.366. The molecule has 2 N–H and O–H groups in total. The summed E-state index contributed by atoms with van der Waals surface area (Å²) in [4.78, 5) is 37.3. The van der Waals surface area contributed by atoms with Crippen molar-refractivity contribution < 1.29 is 28.3 Å². The number of nitrogens with zero attached hydrogens (tertiary/aromatic N) is 2. The van der Waals surface area contributed by atoms with Crippen LogP contribution in [0.2, 0.25) is 0 Å². The van der Waals surface area contributed by atoms with Gasteiger partial charge in [-0.15, -0.1) is 0 Å². The molecule has 1 aliphatic rings. The molecule has 1 aliphatic heterocycles. The van der Waals surface area contributed by atoms with Gasteiger partial charge in [-0.2, -0.15) is 0 Å². The van der Waals surface area contributed by atoms with Crippen molar-refractivity contribution in [1.82, 2.24) is 15.1 Å². The van der Waals surface area contributed by atoms with Crippen LogP contribution >= 0.6 is 0 Å². The Labute approximate surface area is 143 Å². The van der Waals surface area contributed by atoms with Gasteiger partial charge in [0.1, 0.15) is 0 Å². The van der Waals surface area contributed by atoms with E-state index in [1.54, 1.807) is 0 Å². The van der Waals surface area contributed by atoms with Crippen LogP contribution in [-0.4, -0.2) is 59.5 Å². The van der Waals surface area contributed by atoms with Crippen molar-refractivity contribution in [2.24, 2.45) is 0 Å². The van der Waals surface area contributed by atoms with Crippen molar-refractivity contribution >= 4 is 17.9 Å². The van der Waals surface area contributed by atoms with Gasteiger partial charge in [0.05, 0.1) is 18.5 Å². The number of benzene rings is 1. The summed E-state index contributed by atoms with van der Waals surface area (Å²) < 4.78 is 26.7. The van der Waals surface area contributed by atoms with Crippen LogP contribution in [0, 0.1) is 11.6 Å². The minimum absolute atomic E-state index is 0.00746. The van der Waals surface area contributed by atoms with Crippen LogP contribution in [0.4, 0.5) is 13.6 Å². The largest absolute Gasteiger partial charge is 0.481 e.